The Morgan fingerprint density at radius 3 is 2.50 bits per heavy atom. The largest absolute Gasteiger partial charge is 0.368 e. The zero-order valence-electron chi connectivity index (χ0n) is 15.0. The van der Waals surface area contributed by atoms with Crippen LogP contribution in [0, 0.1) is 25.5 Å². The van der Waals surface area contributed by atoms with Crippen molar-refractivity contribution in [3.8, 4) is 0 Å². The van der Waals surface area contributed by atoms with Gasteiger partial charge in [-0.1, -0.05) is 12.1 Å². The molecular weight excluding hydrogens is 354 g/mol. The van der Waals surface area contributed by atoms with Gasteiger partial charge in [0.05, 0.1) is 5.75 Å². The zero-order chi connectivity index (χ0) is 18.7. The summed E-state index contributed by atoms with van der Waals surface area (Å²) in [5.74, 6) is -1.09. The highest BCUT2D eigenvalue weighted by molar-refractivity contribution is 8.00. The van der Waals surface area contributed by atoms with Crippen LogP contribution < -0.4 is 4.90 Å². The molecule has 1 fully saturated rings. The number of hydrogen-bond acceptors (Lipinski definition) is 3. The number of amides is 1. The number of aryl methyl sites for hydroxylation is 1. The third kappa shape index (κ3) is 4.18. The molecule has 0 N–H and O–H groups in total. The second kappa shape index (κ2) is 8.08. The molecule has 0 atom stereocenters. The minimum Gasteiger partial charge on any atom is -0.368 e. The van der Waals surface area contributed by atoms with Crippen LogP contribution in [0.5, 0.6) is 0 Å². The molecule has 3 rings (SSSR count). The Labute approximate surface area is 157 Å². The molecule has 1 saturated heterocycles. The third-order valence-corrected chi connectivity index (χ3v) is 5.83. The van der Waals surface area contributed by atoms with Gasteiger partial charge in [0.25, 0.3) is 0 Å². The lowest BCUT2D eigenvalue weighted by Gasteiger charge is -2.37. The Balaban J connectivity index is 1.54. The summed E-state index contributed by atoms with van der Waals surface area (Å²) in [6.45, 7) is 7.09. The number of anilines is 1. The number of hydrogen-bond donors (Lipinski definition) is 0. The Hall–Kier alpha value is -2.08. The van der Waals surface area contributed by atoms with E-state index in [0.717, 1.165) is 30.9 Å². The molecule has 0 aromatic heterocycles. The van der Waals surface area contributed by atoms with Gasteiger partial charge in [0.2, 0.25) is 5.91 Å². The first kappa shape index (κ1) is 18.7. The van der Waals surface area contributed by atoms with Gasteiger partial charge in [-0.3, -0.25) is 4.79 Å². The molecule has 2 aromatic rings. The smallest absolute Gasteiger partial charge is 0.233 e. The van der Waals surface area contributed by atoms with Crippen LogP contribution in [0.15, 0.2) is 41.3 Å². The fraction of sp³-hybridized carbons (Fsp3) is 0.350. The van der Waals surface area contributed by atoms with Crippen LogP contribution in [0.4, 0.5) is 14.5 Å². The van der Waals surface area contributed by atoms with E-state index in [2.05, 4.69) is 36.9 Å². The van der Waals surface area contributed by atoms with Crippen molar-refractivity contribution < 1.29 is 13.6 Å². The monoisotopic (exact) mass is 376 g/mol. The van der Waals surface area contributed by atoms with E-state index < -0.39 is 11.6 Å². The Morgan fingerprint density at radius 2 is 1.81 bits per heavy atom. The standard InChI is InChI=1S/C20H22F2N2OS/c1-14-4-3-5-18(15(14)2)23-8-10-24(11-9-23)20(25)13-26-19-7-6-16(21)12-17(19)22/h3-7,12H,8-11,13H2,1-2H3. The lowest BCUT2D eigenvalue weighted by Crippen LogP contribution is -2.49. The molecule has 138 valence electrons. The SMILES string of the molecule is Cc1cccc(N2CCN(C(=O)CSc3ccc(F)cc3F)CC2)c1C. The van der Waals surface area contributed by atoms with Crippen molar-refractivity contribution in [2.24, 2.45) is 0 Å². The van der Waals surface area contributed by atoms with Gasteiger partial charge in [-0.2, -0.15) is 0 Å². The van der Waals surface area contributed by atoms with E-state index in [4.69, 9.17) is 0 Å². The van der Waals surface area contributed by atoms with Crippen LogP contribution in [0.25, 0.3) is 0 Å². The van der Waals surface area contributed by atoms with E-state index >= 15 is 0 Å². The van der Waals surface area contributed by atoms with E-state index in [1.807, 2.05) is 4.90 Å². The molecule has 2 aromatic carbocycles. The fourth-order valence-electron chi connectivity index (χ4n) is 3.10. The maximum Gasteiger partial charge on any atom is 0.233 e. The highest BCUT2D eigenvalue weighted by Crippen LogP contribution is 2.25. The summed E-state index contributed by atoms with van der Waals surface area (Å²) in [5.41, 5.74) is 3.76. The predicted molar refractivity (Wildman–Crippen MR) is 102 cm³/mol. The van der Waals surface area contributed by atoms with Gasteiger partial charge in [-0.15, -0.1) is 11.8 Å². The van der Waals surface area contributed by atoms with Gasteiger partial charge in [-0.25, -0.2) is 8.78 Å². The zero-order valence-corrected chi connectivity index (χ0v) is 15.8. The van der Waals surface area contributed by atoms with E-state index in [1.54, 1.807) is 0 Å². The summed E-state index contributed by atoms with van der Waals surface area (Å²) in [6, 6.07) is 9.70. The Bertz CT molecular complexity index is 804. The molecule has 1 aliphatic heterocycles. The van der Waals surface area contributed by atoms with E-state index in [0.29, 0.717) is 18.0 Å². The van der Waals surface area contributed by atoms with Crippen molar-refractivity contribution in [3.05, 3.63) is 59.2 Å². The highest BCUT2D eigenvalue weighted by Gasteiger charge is 2.22. The lowest BCUT2D eigenvalue weighted by atomic mass is 10.1. The average molecular weight is 376 g/mol. The molecule has 1 heterocycles. The summed E-state index contributed by atoms with van der Waals surface area (Å²) < 4.78 is 26.6. The molecule has 1 aliphatic rings. The number of piperazine rings is 1. The quantitative estimate of drug-likeness (QED) is 0.753. The lowest BCUT2D eigenvalue weighted by molar-refractivity contribution is -0.128. The summed E-state index contributed by atoms with van der Waals surface area (Å²) in [5, 5.41) is 0. The number of rotatable bonds is 4. The number of nitrogens with zero attached hydrogens (tertiary/aromatic N) is 2. The second-order valence-electron chi connectivity index (χ2n) is 6.45. The van der Waals surface area contributed by atoms with Crippen LogP contribution in [-0.2, 0) is 4.79 Å². The van der Waals surface area contributed by atoms with Crippen molar-refractivity contribution in [2.45, 2.75) is 18.7 Å². The first-order valence-corrected chi connectivity index (χ1v) is 9.61. The number of benzene rings is 2. The van der Waals surface area contributed by atoms with E-state index in [-0.39, 0.29) is 11.7 Å². The number of halogens is 2. The summed E-state index contributed by atoms with van der Waals surface area (Å²) in [4.78, 5) is 16.8. The topological polar surface area (TPSA) is 23.6 Å². The van der Waals surface area contributed by atoms with Crippen LogP contribution in [-0.4, -0.2) is 42.7 Å². The molecule has 0 aliphatic carbocycles. The molecule has 0 radical (unpaired) electrons. The predicted octanol–water partition coefficient (Wildman–Crippen LogP) is 4.02. The van der Waals surface area contributed by atoms with Gasteiger partial charge in [0, 0.05) is 42.8 Å². The molecule has 6 heteroatoms. The molecule has 0 bridgehead atoms. The fourth-order valence-corrected chi connectivity index (χ4v) is 3.92. The van der Waals surface area contributed by atoms with Crippen LogP contribution in [0.2, 0.25) is 0 Å². The Morgan fingerprint density at radius 1 is 1.08 bits per heavy atom. The average Bonchev–Trinajstić information content (AvgIpc) is 2.63. The van der Waals surface area contributed by atoms with Gasteiger partial charge in [0.1, 0.15) is 11.6 Å². The van der Waals surface area contributed by atoms with E-state index in [9.17, 15) is 13.6 Å². The third-order valence-electron chi connectivity index (χ3n) is 4.79. The first-order chi connectivity index (χ1) is 12.5. The van der Waals surface area contributed by atoms with Crippen molar-refractivity contribution in [1.82, 2.24) is 4.90 Å². The minimum atomic E-state index is -0.623. The van der Waals surface area contributed by atoms with Crippen molar-refractivity contribution in [2.75, 3.05) is 36.8 Å². The maximum absolute atomic E-state index is 13.7. The van der Waals surface area contributed by atoms with Crippen molar-refractivity contribution >= 4 is 23.4 Å². The number of thioether (sulfide) groups is 1. The van der Waals surface area contributed by atoms with Crippen LogP contribution in [0.3, 0.4) is 0 Å². The van der Waals surface area contributed by atoms with Gasteiger partial charge < -0.3 is 9.80 Å². The van der Waals surface area contributed by atoms with Crippen molar-refractivity contribution in [3.63, 3.8) is 0 Å². The summed E-state index contributed by atoms with van der Waals surface area (Å²) in [6.07, 6.45) is 0. The van der Waals surface area contributed by atoms with Gasteiger partial charge in [-0.05, 0) is 43.2 Å². The minimum absolute atomic E-state index is 0.0145. The molecule has 26 heavy (non-hydrogen) atoms. The molecule has 0 spiro atoms. The second-order valence-corrected chi connectivity index (χ2v) is 7.47. The number of carbonyl (C=O) groups excluding carboxylic acids is 1. The molecule has 0 saturated carbocycles. The normalized spacial score (nSPS) is 14.6. The highest BCUT2D eigenvalue weighted by atomic mass is 32.2. The molecule has 0 unspecified atom stereocenters. The van der Waals surface area contributed by atoms with E-state index in [1.165, 1.54) is 28.9 Å². The molecular formula is C20H22F2N2OS. The Kier molecular flexibility index (Phi) is 5.81. The summed E-state index contributed by atoms with van der Waals surface area (Å²) in [7, 11) is 0. The molecule has 3 nitrogen and oxygen atoms in total. The molecule has 1 amide bonds. The van der Waals surface area contributed by atoms with Crippen LogP contribution in [0.1, 0.15) is 11.1 Å². The first-order valence-electron chi connectivity index (χ1n) is 8.62. The summed E-state index contributed by atoms with van der Waals surface area (Å²) >= 11 is 1.11. The van der Waals surface area contributed by atoms with Crippen LogP contribution >= 0.6 is 11.8 Å². The maximum atomic E-state index is 13.7. The van der Waals surface area contributed by atoms with Gasteiger partial charge in [0.15, 0.2) is 0 Å². The van der Waals surface area contributed by atoms with Crippen molar-refractivity contribution in [1.29, 1.82) is 0 Å². The van der Waals surface area contributed by atoms with Gasteiger partial charge >= 0.3 is 0 Å². The number of carbonyl (C=O) groups is 1.